The van der Waals surface area contributed by atoms with Gasteiger partial charge in [-0.05, 0) is 37.3 Å². The summed E-state index contributed by atoms with van der Waals surface area (Å²) in [6, 6.07) is 8.57. The first-order chi connectivity index (χ1) is 12.3. The fourth-order valence-corrected chi connectivity index (χ4v) is 2.15. The molecule has 0 aromatic heterocycles. The summed E-state index contributed by atoms with van der Waals surface area (Å²) < 4.78 is 47.0. The lowest BCUT2D eigenvalue weighted by molar-refractivity contribution is -0.123. The predicted molar refractivity (Wildman–Crippen MR) is 88.0 cm³/mol. The van der Waals surface area contributed by atoms with Crippen LogP contribution < -0.4 is 10.1 Å². The zero-order chi connectivity index (χ0) is 19.3. The third-order valence-corrected chi connectivity index (χ3v) is 3.48. The summed E-state index contributed by atoms with van der Waals surface area (Å²) in [7, 11) is 0. The Hall–Kier alpha value is -2.74. The Balaban J connectivity index is 2.06. The van der Waals surface area contributed by atoms with Crippen LogP contribution in [0, 0.1) is 5.82 Å². The van der Waals surface area contributed by atoms with Crippen molar-refractivity contribution in [2.75, 3.05) is 5.32 Å². The largest absolute Gasteiger partial charge is 0.449 e. The van der Waals surface area contributed by atoms with Crippen molar-refractivity contribution in [1.29, 1.82) is 0 Å². The van der Waals surface area contributed by atoms with E-state index in [-0.39, 0.29) is 22.0 Å². The van der Waals surface area contributed by atoms with Gasteiger partial charge in [0.25, 0.3) is 5.91 Å². The van der Waals surface area contributed by atoms with Gasteiger partial charge in [-0.1, -0.05) is 23.7 Å². The van der Waals surface area contributed by atoms with E-state index in [1.165, 1.54) is 37.3 Å². The Bertz CT molecular complexity index is 816. The topological polar surface area (TPSA) is 64.6 Å². The molecule has 0 fully saturated rings. The van der Waals surface area contributed by atoms with Crippen LogP contribution in [0.25, 0.3) is 0 Å². The van der Waals surface area contributed by atoms with Crippen LogP contribution in [0.4, 0.5) is 18.9 Å². The van der Waals surface area contributed by atoms with Crippen LogP contribution in [-0.4, -0.2) is 24.6 Å². The zero-order valence-corrected chi connectivity index (χ0v) is 14.1. The van der Waals surface area contributed by atoms with Crippen molar-refractivity contribution in [3.8, 4) is 5.75 Å². The lowest BCUT2D eigenvalue weighted by atomic mass is 10.2. The molecule has 0 saturated carbocycles. The second-order valence-corrected chi connectivity index (χ2v) is 5.44. The minimum absolute atomic E-state index is 0.0347. The van der Waals surface area contributed by atoms with Crippen molar-refractivity contribution in [1.82, 2.24) is 0 Å². The van der Waals surface area contributed by atoms with Crippen LogP contribution in [0.15, 0.2) is 42.5 Å². The Labute approximate surface area is 151 Å². The standard InChI is InChI=1S/C17H13ClF3NO4/c1-9(15(23)22-13-7-6-10(19)8-12(13)18)25-16(24)11-4-2-3-5-14(11)26-17(20)21/h2-9,17H,1H3,(H,22,23)/t9-/m0/s1. The van der Waals surface area contributed by atoms with E-state index < -0.39 is 30.4 Å². The van der Waals surface area contributed by atoms with Gasteiger partial charge in [0.1, 0.15) is 17.1 Å². The number of halogens is 4. The van der Waals surface area contributed by atoms with E-state index in [1.807, 2.05) is 0 Å². The van der Waals surface area contributed by atoms with E-state index in [0.717, 1.165) is 12.1 Å². The minimum atomic E-state index is -3.12. The fourth-order valence-electron chi connectivity index (χ4n) is 1.94. The average Bonchev–Trinajstić information content (AvgIpc) is 2.57. The van der Waals surface area contributed by atoms with E-state index >= 15 is 0 Å². The maximum Gasteiger partial charge on any atom is 0.387 e. The molecule has 2 aromatic rings. The number of carbonyl (C=O) groups is 2. The van der Waals surface area contributed by atoms with Gasteiger partial charge in [-0.3, -0.25) is 4.79 Å². The number of alkyl halides is 2. The van der Waals surface area contributed by atoms with Gasteiger partial charge in [0.05, 0.1) is 10.7 Å². The molecule has 2 rings (SSSR count). The maximum atomic E-state index is 13.0. The molecule has 0 heterocycles. The third-order valence-electron chi connectivity index (χ3n) is 3.17. The quantitative estimate of drug-likeness (QED) is 0.752. The van der Waals surface area contributed by atoms with Gasteiger partial charge in [0.2, 0.25) is 0 Å². The smallest absolute Gasteiger partial charge is 0.387 e. The van der Waals surface area contributed by atoms with E-state index in [0.29, 0.717) is 0 Å². The minimum Gasteiger partial charge on any atom is -0.449 e. The van der Waals surface area contributed by atoms with Crippen molar-refractivity contribution in [2.24, 2.45) is 0 Å². The SMILES string of the molecule is C[C@H](OC(=O)c1ccccc1OC(F)F)C(=O)Nc1ccc(F)cc1Cl. The number of anilines is 1. The average molecular weight is 388 g/mol. The van der Waals surface area contributed by atoms with Crippen LogP contribution >= 0.6 is 11.6 Å². The summed E-state index contributed by atoms with van der Waals surface area (Å²) in [5.74, 6) is -2.71. The number of ether oxygens (including phenoxy) is 2. The molecule has 2 aromatic carbocycles. The second-order valence-electron chi connectivity index (χ2n) is 5.04. The molecule has 0 saturated heterocycles. The number of hydrogen-bond acceptors (Lipinski definition) is 4. The molecule has 0 bridgehead atoms. The first-order valence-electron chi connectivity index (χ1n) is 7.28. The molecular weight excluding hydrogens is 375 g/mol. The van der Waals surface area contributed by atoms with Gasteiger partial charge in [-0.2, -0.15) is 8.78 Å². The highest BCUT2D eigenvalue weighted by Crippen LogP contribution is 2.24. The molecule has 0 radical (unpaired) electrons. The highest BCUT2D eigenvalue weighted by atomic mass is 35.5. The molecule has 138 valence electrons. The van der Waals surface area contributed by atoms with Crippen molar-refractivity contribution < 1.29 is 32.2 Å². The number of nitrogens with one attached hydrogen (secondary N) is 1. The van der Waals surface area contributed by atoms with Gasteiger partial charge in [-0.15, -0.1) is 0 Å². The number of hydrogen-bond donors (Lipinski definition) is 1. The Morgan fingerprint density at radius 2 is 1.85 bits per heavy atom. The number of carbonyl (C=O) groups excluding carboxylic acids is 2. The lowest BCUT2D eigenvalue weighted by Gasteiger charge is -2.15. The van der Waals surface area contributed by atoms with Gasteiger partial charge in [0, 0.05) is 0 Å². The van der Waals surface area contributed by atoms with Crippen molar-refractivity contribution in [3.05, 3.63) is 58.9 Å². The lowest BCUT2D eigenvalue weighted by Crippen LogP contribution is -2.30. The number of amides is 1. The molecule has 0 spiro atoms. The maximum absolute atomic E-state index is 13.0. The van der Waals surface area contributed by atoms with Crippen molar-refractivity contribution in [2.45, 2.75) is 19.6 Å². The normalized spacial score (nSPS) is 11.8. The Morgan fingerprint density at radius 1 is 1.15 bits per heavy atom. The predicted octanol–water partition coefficient (Wildman–Crippen LogP) is 4.26. The molecule has 0 aliphatic rings. The molecule has 0 aliphatic carbocycles. The van der Waals surface area contributed by atoms with E-state index in [2.05, 4.69) is 10.1 Å². The number of rotatable bonds is 6. The van der Waals surface area contributed by atoms with Gasteiger partial charge in [-0.25, -0.2) is 9.18 Å². The van der Waals surface area contributed by atoms with Crippen LogP contribution in [0.1, 0.15) is 17.3 Å². The number of esters is 1. The highest BCUT2D eigenvalue weighted by molar-refractivity contribution is 6.33. The molecule has 5 nitrogen and oxygen atoms in total. The first-order valence-corrected chi connectivity index (χ1v) is 7.66. The van der Waals surface area contributed by atoms with Gasteiger partial charge < -0.3 is 14.8 Å². The zero-order valence-electron chi connectivity index (χ0n) is 13.3. The molecule has 1 atom stereocenters. The van der Waals surface area contributed by atoms with Crippen LogP contribution in [-0.2, 0) is 9.53 Å². The van der Waals surface area contributed by atoms with Crippen molar-refractivity contribution in [3.63, 3.8) is 0 Å². The number of para-hydroxylation sites is 1. The summed E-state index contributed by atoms with van der Waals surface area (Å²) in [6.07, 6.45) is -1.27. The molecule has 9 heteroatoms. The van der Waals surface area contributed by atoms with Gasteiger partial charge in [0.15, 0.2) is 6.10 Å². The molecular formula is C17H13ClF3NO4. The van der Waals surface area contributed by atoms with E-state index in [9.17, 15) is 22.8 Å². The van der Waals surface area contributed by atoms with Crippen LogP contribution in [0.2, 0.25) is 5.02 Å². The molecule has 26 heavy (non-hydrogen) atoms. The summed E-state index contributed by atoms with van der Waals surface area (Å²) >= 11 is 5.80. The fraction of sp³-hybridized carbons (Fsp3) is 0.176. The summed E-state index contributed by atoms with van der Waals surface area (Å²) in [5, 5.41) is 2.34. The van der Waals surface area contributed by atoms with E-state index in [1.54, 1.807) is 0 Å². The highest BCUT2D eigenvalue weighted by Gasteiger charge is 2.23. The molecule has 1 amide bonds. The first kappa shape index (κ1) is 19.6. The summed E-state index contributed by atoms with van der Waals surface area (Å²) in [5.41, 5.74) is -0.130. The van der Waals surface area contributed by atoms with Crippen LogP contribution in [0.5, 0.6) is 5.75 Å². The Morgan fingerprint density at radius 3 is 2.50 bits per heavy atom. The summed E-state index contributed by atoms with van der Waals surface area (Å²) in [6.45, 7) is -1.84. The van der Waals surface area contributed by atoms with E-state index in [4.69, 9.17) is 16.3 Å². The Kier molecular flexibility index (Phi) is 6.46. The monoisotopic (exact) mass is 387 g/mol. The van der Waals surface area contributed by atoms with Crippen molar-refractivity contribution >= 4 is 29.2 Å². The second kappa shape index (κ2) is 8.57. The summed E-state index contributed by atoms with van der Waals surface area (Å²) in [4.78, 5) is 24.2. The molecule has 1 N–H and O–H groups in total. The van der Waals surface area contributed by atoms with Crippen LogP contribution in [0.3, 0.4) is 0 Å². The molecule has 0 unspecified atom stereocenters. The molecule has 0 aliphatic heterocycles. The van der Waals surface area contributed by atoms with Gasteiger partial charge >= 0.3 is 12.6 Å². The third kappa shape index (κ3) is 5.13. The number of benzene rings is 2.